The van der Waals surface area contributed by atoms with Crippen molar-refractivity contribution in [2.24, 2.45) is 0 Å². The van der Waals surface area contributed by atoms with Gasteiger partial charge in [-0.2, -0.15) is 0 Å². The van der Waals surface area contributed by atoms with E-state index in [-0.39, 0.29) is 11.4 Å². The zero-order valence-corrected chi connectivity index (χ0v) is 11.3. The summed E-state index contributed by atoms with van der Waals surface area (Å²) in [7, 11) is 0. The van der Waals surface area contributed by atoms with Gasteiger partial charge in [-0.05, 0) is 19.1 Å². The van der Waals surface area contributed by atoms with Crippen LogP contribution >= 0.6 is 0 Å². The van der Waals surface area contributed by atoms with Crippen molar-refractivity contribution >= 4 is 23.3 Å². The number of hydrogen-bond donors (Lipinski definition) is 2. The van der Waals surface area contributed by atoms with Gasteiger partial charge in [-0.15, -0.1) is 0 Å². The molecule has 9 nitrogen and oxygen atoms in total. The van der Waals surface area contributed by atoms with Crippen molar-refractivity contribution in [3.05, 3.63) is 28.3 Å². The number of carboxylic acids is 1. The van der Waals surface area contributed by atoms with Gasteiger partial charge in [-0.1, -0.05) is 0 Å². The summed E-state index contributed by atoms with van der Waals surface area (Å²) in [5.41, 5.74) is 2.85. The average Bonchev–Trinajstić information content (AvgIpc) is 2.40. The van der Waals surface area contributed by atoms with Crippen LogP contribution in [0.3, 0.4) is 0 Å². The fourth-order valence-electron chi connectivity index (χ4n) is 1.53. The highest BCUT2D eigenvalue weighted by molar-refractivity contribution is 5.95. The molecule has 0 aliphatic carbocycles. The van der Waals surface area contributed by atoms with Crippen LogP contribution in [0.1, 0.15) is 13.3 Å². The molecule has 114 valence electrons. The number of quaternary nitrogens is 1. The summed E-state index contributed by atoms with van der Waals surface area (Å²) in [5.74, 6) is -1.87. The Bertz CT molecular complexity index is 560. The van der Waals surface area contributed by atoms with Crippen molar-refractivity contribution < 1.29 is 30.1 Å². The molecule has 1 atom stereocenters. The zero-order valence-electron chi connectivity index (χ0n) is 11.3. The standard InChI is InChI=1S/C12H15N3O6/c1-2-21-7-3-4-9(10(5-7)15(19)20)14-11(16)6-8(13)12(17)18/h3-5,8H,2,6,13H2,1H3,(H,14,16)(H,17,18)/t8-/m0/s1. The van der Waals surface area contributed by atoms with Crippen molar-refractivity contribution in [3.8, 4) is 5.75 Å². The Morgan fingerprint density at radius 2 is 2.14 bits per heavy atom. The second kappa shape index (κ2) is 7.20. The van der Waals surface area contributed by atoms with Gasteiger partial charge in [0.2, 0.25) is 5.91 Å². The number of anilines is 1. The molecule has 4 N–H and O–H groups in total. The van der Waals surface area contributed by atoms with Gasteiger partial charge in [0, 0.05) is 0 Å². The van der Waals surface area contributed by atoms with E-state index in [1.54, 1.807) is 6.92 Å². The van der Waals surface area contributed by atoms with Gasteiger partial charge in [0.1, 0.15) is 17.5 Å². The van der Waals surface area contributed by atoms with E-state index in [0.717, 1.165) is 0 Å². The Hall–Kier alpha value is -2.68. The molecule has 0 bridgehead atoms. The first-order valence-electron chi connectivity index (χ1n) is 6.10. The Labute approximate surface area is 119 Å². The predicted molar refractivity (Wildman–Crippen MR) is 69.2 cm³/mol. The molecule has 1 amide bonds. The summed E-state index contributed by atoms with van der Waals surface area (Å²) in [6, 6.07) is 2.73. The SMILES string of the molecule is CCOc1ccc(NC(=O)C[C@H]([NH3+])C(=O)[O-])c([N+](=O)[O-])c1. The van der Waals surface area contributed by atoms with Crippen LogP contribution in [0.25, 0.3) is 0 Å². The van der Waals surface area contributed by atoms with E-state index in [1.807, 2.05) is 0 Å². The lowest BCUT2D eigenvalue weighted by molar-refractivity contribution is -0.436. The molecule has 1 aromatic carbocycles. The topological polar surface area (TPSA) is 149 Å². The number of carboxylic acid groups (broad SMARTS) is 1. The van der Waals surface area contributed by atoms with Crippen molar-refractivity contribution in [1.82, 2.24) is 0 Å². The first-order chi connectivity index (χ1) is 9.85. The minimum Gasteiger partial charge on any atom is -0.544 e. The number of hydrogen-bond acceptors (Lipinski definition) is 6. The molecule has 0 aromatic heterocycles. The van der Waals surface area contributed by atoms with Crippen LogP contribution in [0, 0.1) is 10.1 Å². The molecule has 1 rings (SSSR count). The van der Waals surface area contributed by atoms with Crippen LogP contribution in [0.5, 0.6) is 5.75 Å². The van der Waals surface area contributed by atoms with Gasteiger partial charge in [-0.3, -0.25) is 14.9 Å². The number of carbonyl (C=O) groups is 2. The van der Waals surface area contributed by atoms with Crippen molar-refractivity contribution in [3.63, 3.8) is 0 Å². The van der Waals surface area contributed by atoms with E-state index >= 15 is 0 Å². The molecule has 9 heteroatoms. The fraction of sp³-hybridized carbons (Fsp3) is 0.333. The van der Waals surface area contributed by atoms with Gasteiger partial charge < -0.3 is 25.7 Å². The Morgan fingerprint density at radius 3 is 2.67 bits per heavy atom. The van der Waals surface area contributed by atoms with Gasteiger partial charge in [0.25, 0.3) is 5.69 Å². The predicted octanol–water partition coefficient (Wildman–Crippen LogP) is -1.32. The molecule has 0 fully saturated rings. The lowest BCUT2D eigenvalue weighted by atomic mass is 10.2. The molecule has 21 heavy (non-hydrogen) atoms. The van der Waals surface area contributed by atoms with Crippen LogP contribution in [-0.2, 0) is 9.59 Å². The molecule has 0 aliphatic heterocycles. The molecular formula is C12H15N3O6. The minimum atomic E-state index is -1.47. The summed E-state index contributed by atoms with van der Waals surface area (Å²) in [6.45, 7) is 2.08. The molecule has 0 spiro atoms. The monoisotopic (exact) mass is 297 g/mol. The third kappa shape index (κ3) is 4.73. The number of carbonyl (C=O) groups excluding carboxylic acids is 2. The normalized spacial score (nSPS) is 11.5. The highest BCUT2D eigenvalue weighted by atomic mass is 16.6. The number of amides is 1. The highest BCUT2D eigenvalue weighted by Crippen LogP contribution is 2.29. The number of benzene rings is 1. The van der Waals surface area contributed by atoms with Gasteiger partial charge >= 0.3 is 0 Å². The Balaban J connectivity index is 2.89. The fourth-order valence-corrected chi connectivity index (χ4v) is 1.53. The minimum absolute atomic E-state index is 0.0426. The first kappa shape index (κ1) is 16.4. The molecule has 0 heterocycles. The van der Waals surface area contributed by atoms with E-state index < -0.39 is 29.3 Å². The van der Waals surface area contributed by atoms with E-state index in [1.165, 1.54) is 18.2 Å². The maximum Gasteiger partial charge on any atom is 0.296 e. The van der Waals surface area contributed by atoms with Gasteiger partial charge in [0.05, 0.1) is 30.0 Å². The number of rotatable bonds is 7. The molecule has 0 saturated heterocycles. The Kier molecular flexibility index (Phi) is 5.61. The molecule has 0 unspecified atom stereocenters. The third-order valence-corrected chi connectivity index (χ3v) is 2.52. The zero-order chi connectivity index (χ0) is 16.0. The summed E-state index contributed by atoms with van der Waals surface area (Å²) >= 11 is 0. The van der Waals surface area contributed by atoms with E-state index in [0.29, 0.717) is 12.4 Å². The smallest absolute Gasteiger partial charge is 0.296 e. The summed E-state index contributed by atoms with van der Waals surface area (Å²) in [5, 5.41) is 23.8. The number of ether oxygens (including phenoxy) is 1. The molecule has 1 aromatic rings. The number of aliphatic carboxylic acids is 1. The van der Waals surface area contributed by atoms with Crippen molar-refractivity contribution in [2.45, 2.75) is 19.4 Å². The maximum absolute atomic E-state index is 11.6. The molecule has 0 aliphatic rings. The lowest BCUT2D eigenvalue weighted by Crippen LogP contribution is -2.69. The highest BCUT2D eigenvalue weighted by Gasteiger charge is 2.19. The second-order valence-corrected chi connectivity index (χ2v) is 4.14. The summed E-state index contributed by atoms with van der Waals surface area (Å²) in [4.78, 5) is 32.4. The number of nitrogens with one attached hydrogen (secondary N) is 1. The van der Waals surface area contributed by atoms with Crippen molar-refractivity contribution in [2.75, 3.05) is 11.9 Å². The van der Waals surface area contributed by atoms with E-state index in [2.05, 4.69) is 11.1 Å². The Morgan fingerprint density at radius 1 is 1.48 bits per heavy atom. The first-order valence-corrected chi connectivity index (χ1v) is 6.10. The largest absolute Gasteiger partial charge is 0.544 e. The van der Waals surface area contributed by atoms with Crippen LogP contribution in [0.4, 0.5) is 11.4 Å². The van der Waals surface area contributed by atoms with E-state index in [4.69, 9.17) is 4.74 Å². The van der Waals surface area contributed by atoms with Crippen LogP contribution in [0.15, 0.2) is 18.2 Å². The van der Waals surface area contributed by atoms with Crippen molar-refractivity contribution in [1.29, 1.82) is 0 Å². The van der Waals surface area contributed by atoms with Crippen LogP contribution < -0.4 is 20.9 Å². The van der Waals surface area contributed by atoms with E-state index in [9.17, 15) is 24.8 Å². The van der Waals surface area contributed by atoms with Crippen LogP contribution in [0.2, 0.25) is 0 Å². The summed E-state index contributed by atoms with van der Waals surface area (Å²) in [6.07, 6.45) is -0.438. The molecule has 0 saturated carbocycles. The quantitative estimate of drug-likeness (QED) is 0.471. The molecule has 0 radical (unpaired) electrons. The van der Waals surface area contributed by atoms with Gasteiger partial charge in [-0.25, -0.2) is 0 Å². The number of nitro groups is 1. The lowest BCUT2D eigenvalue weighted by Gasteiger charge is -2.11. The average molecular weight is 297 g/mol. The summed E-state index contributed by atoms with van der Waals surface area (Å²) < 4.78 is 5.14. The molecular weight excluding hydrogens is 282 g/mol. The number of nitro benzene ring substituents is 1. The van der Waals surface area contributed by atoms with Gasteiger partial charge in [0.15, 0.2) is 0 Å². The second-order valence-electron chi connectivity index (χ2n) is 4.14. The number of nitrogens with zero attached hydrogens (tertiary/aromatic N) is 1. The third-order valence-electron chi connectivity index (χ3n) is 2.52. The maximum atomic E-state index is 11.6. The van der Waals surface area contributed by atoms with Crippen LogP contribution in [-0.4, -0.2) is 29.4 Å².